The van der Waals surface area contributed by atoms with Crippen LogP contribution in [0.1, 0.15) is 12.8 Å². The van der Waals surface area contributed by atoms with E-state index in [4.69, 9.17) is 0 Å². The number of carbonyl (C=O) groups is 2. The molecule has 6 heteroatoms. The Bertz CT molecular complexity index is 220. The van der Waals surface area contributed by atoms with E-state index >= 15 is 0 Å². The molecule has 1 aliphatic heterocycles. The quantitative estimate of drug-likeness (QED) is 0.475. The molecular formula is C8H15N3O3. The minimum Gasteiger partial charge on any atom is -0.342 e. The van der Waals surface area contributed by atoms with Gasteiger partial charge >= 0.3 is 0 Å². The van der Waals surface area contributed by atoms with Crippen LogP contribution in [0.3, 0.4) is 0 Å². The molecule has 0 bridgehead atoms. The standard InChI is InChI=1S/C8H15N3O3/c1-9-4-2-3-7(12)10-6-5-14-11-8(6)13/h6,9H,2-5H2,1H3,(H,10,12)(H,11,13)/t6-/m1/s1. The highest BCUT2D eigenvalue weighted by atomic mass is 16.7. The van der Waals surface area contributed by atoms with E-state index in [0.29, 0.717) is 6.42 Å². The van der Waals surface area contributed by atoms with Crippen molar-refractivity contribution in [1.82, 2.24) is 16.1 Å². The average molecular weight is 201 g/mol. The lowest BCUT2D eigenvalue weighted by Crippen LogP contribution is -2.41. The number of hydrogen-bond acceptors (Lipinski definition) is 4. The molecule has 1 fully saturated rings. The summed E-state index contributed by atoms with van der Waals surface area (Å²) in [7, 11) is 1.83. The highest BCUT2D eigenvalue weighted by Gasteiger charge is 2.26. The van der Waals surface area contributed by atoms with Crippen LogP contribution in [0.15, 0.2) is 0 Å². The van der Waals surface area contributed by atoms with Gasteiger partial charge in [0.2, 0.25) is 5.91 Å². The van der Waals surface area contributed by atoms with Crippen molar-refractivity contribution in [3.8, 4) is 0 Å². The summed E-state index contributed by atoms with van der Waals surface area (Å²) in [5.74, 6) is -0.405. The van der Waals surface area contributed by atoms with Crippen LogP contribution < -0.4 is 16.1 Å². The second-order valence-electron chi connectivity index (χ2n) is 3.10. The predicted molar refractivity (Wildman–Crippen MR) is 49.2 cm³/mol. The Labute approximate surface area is 82.3 Å². The van der Waals surface area contributed by atoms with Crippen molar-refractivity contribution in [2.75, 3.05) is 20.2 Å². The van der Waals surface area contributed by atoms with E-state index in [2.05, 4.69) is 21.0 Å². The van der Waals surface area contributed by atoms with Gasteiger partial charge in [-0.2, -0.15) is 0 Å². The maximum absolute atomic E-state index is 11.2. The molecule has 0 aromatic heterocycles. The molecule has 0 radical (unpaired) electrons. The molecule has 0 aromatic carbocycles. The van der Waals surface area contributed by atoms with Crippen LogP contribution in [-0.4, -0.2) is 38.1 Å². The third-order valence-electron chi connectivity index (χ3n) is 1.91. The lowest BCUT2D eigenvalue weighted by atomic mass is 10.2. The Kier molecular flexibility index (Phi) is 4.34. The number of carbonyl (C=O) groups excluding carboxylic acids is 2. The largest absolute Gasteiger partial charge is 0.342 e. The topological polar surface area (TPSA) is 79.5 Å². The number of hydroxylamine groups is 1. The maximum Gasteiger partial charge on any atom is 0.268 e. The summed E-state index contributed by atoms with van der Waals surface area (Å²) >= 11 is 0. The van der Waals surface area contributed by atoms with Crippen molar-refractivity contribution in [2.45, 2.75) is 18.9 Å². The summed E-state index contributed by atoms with van der Waals surface area (Å²) in [6, 6.07) is -0.530. The third-order valence-corrected chi connectivity index (χ3v) is 1.91. The van der Waals surface area contributed by atoms with Gasteiger partial charge in [-0.25, -0.2) is 5.48 Å². The molecule has 0 unspecified atom stereocenters. The first-order valence-corrected chi connectivity index (χ1v) is 4.59. The molecule has 3 N–H and O–H groups in total. The Morgan fingerprint density at radius 2 is 2.50 bits per heavy atom. The Hall–Kier alpha value is -1.14. The number of amides is 2. The van der Waals surface area contributed by atoms with Crippen molar-refractivity contribution < 1.29 is 14.4 Å². The molecule has 1 rings (SSSR count). The molecule has 1 heterocycles. The molecule has 14 heavy (non-hydrogen) atoms. The molecule has 1 aliphatic rings. The van der Waals surface area contributed by atoms with Crippen LogP contribution in [-0.2, 0) is 14.4 Å². The summed E-state index contributed by atoms with van der Waals surface area (Å²) in [6.45, 7) is 0.997. The fourth-order valence-electron chi connectivity index (χ4n) is 1.14. The van der Waals surface area contributed by atoms with Crippen LogP contribution >= 0.6 is 0 Å². The fraction of sp³-hybridized carbons (Fsp3) is 0.750. The second-order valence-corrected chi connectivity index (χ2v) is 3.10. The zero-order valence-corrected chi connectivity index (χ0v) is 8.13. The molecule has 0 aromatic rings. The van der Waals surface area contributed by atoms with Crippen molar-refractivity contribution in [3.05, 3.63) is 0 Å². The lowest BCUT2D eigenvalue weighted by molar-refractivity contribution is -0.128. The van der Waals surface area contributed by atoms with E-state index in [1.165, 1.54) is 0 Å². The van der Waals surface area contributed by atoms with E-state index in [1.54, 1.807) is 0 Å². The molecule has 6 nitrogen and oxygen atoms in total. The van der Waals surface area contributed by atoms with Gasteiger partial charge in [-0.3, -0.25) is 14.4 Å². The Morgan fingerprint density at radius 3 is 3.07 bits per heavy atom. The van der Waals surface area contributed by atoms with Crippen LogP contribution in [0.4, 0.5) is 0 Å². The van der Waals surface area contributed by atoms with Gasteiger partial charge < -0.3 is 10.6 Å². The maximum atomic E-state index is 11.2. The monoisotopic (exact) mass is 201 g/mol. The summed E-state index contributed by atoms with van der Waals surface area (Å²) in [4.78, 5) is 26.9. The lowest BCUT2D eigenvalue weighted by Gasteiger charge is -2.07. The summed E-state index contributed by atoms with van der Waals surface area (Å²) < 4.78 is 0. The molecule has 0 saturated carbocycles. The fourth-order valence-corrected chi connectivity index (χ4v) is 1.14. The predicted octanol–water partition coefficient (Wildman–Crippen LogP) is -1.47. The van der Waals surface area contributed by atoms with Crippen molar-refractivity contribution in [1.29, 1.82) is 0 Å². The van der Waals surface area contributed by atoms with Gasteiger partial charge in [0.15, 0.2) is 0 Å². The first-order valence-electron chi connectivity index (χ1n) is 4.59. The first kappa shape index (κ1) is 10.9. The number of nitrogens with one attached hydrogen (secondary N) is 3. The minimum absolute atomic E-state index is 0.120. The summed E-state index contributed by atoms with van der Waals surface area (Å²) in [6.07, 6.45) is 1.18. The Morgan fingerprint density at radius 1 is 1.71 bits per heavy atom. The summed E-state index contributed by atoms with van der Waals surface area (Å²) in [5, 5.41) is 5.53. The highest BCUT2D eigenvalue weighted by Crippen LogP contribution is 1.96. The number of rotatable bonds is 5. The average Bonchev–Trinajstić information content (AvgIpc) is 2.52. The molecule has 80 valence electrons. The number of hydrogen-bond donors (Lipinski definition) is 3. The third kappa shape index (κ3) is 3.31. The van der Waals surface area contributed by atoms with E-state index in [9.17, 15) is 9.59 Å². The van der Waals surface area contributed by atoms with Crippen LogP contribution in [0.25, 0.3) is 0 Å². The highest BCUT2D eigenvalue weighted by molar-refractivity contribution is 5.88. The van der Waals surface area contributed by atoms with Crippen LogP contribution in [0.5, 0.6) is 0 Å². The smallest absolute Gasteiger partial charge is 0.268 e. The molecule has 0 spiro atoms. The van der Waals surface area contributed by atoms with Gasteiger partial charge in [0.1, 0.15) is 12.6 Å². The van der Waals surface area contributed by atoms with Crippen LogP contribution in [0.2, 0.25) is 0 Å². The minimum atomic E-state index is -0.530. The van der Waals surface area contributed by atoms with Crippen LogP contribution in [0, 0.1) is 0 Å². The van der Waals surface area contributed by atoms with Crippen molar-refractivity contribution in [2.24, 2.45) is 0 Å². The van der Waals surface area contributed by atoms with Gasteiger partial charge in [0, 0.05) is 6.42 Å². The Balaban J connectivity index is 2.16. The van der Waals surface area contributed by atoms with E-state index in [0.717, 1.165) is 13.0 Å². The molecule has 1 saturated heterocycles. The van der Waals surface area contributed by atoms with Gasteiger partial charge in [0.25, 0.3) is 5.91 Å². The van der Waals surface area contributed by atoms with Crippen molar-refractivity contribution >= 4 is 11.8 Å². The van der Waals surface area contributed by atoms with Gasteiger partial charge in [-0.15, -0.1) is 0 Å². The normalized spacial score (nSPS) is 20.6. The zero-order valence-electron chi connectivity index (χ0n) is 8.13. The second kappa shape index (κ2) is 5.56. The van der Waals surface area contributed by atoms with Gasteiger partial charge in [0.05, 0.1) is 0 Å². The van der Waals surface area contributed by atoms with Gasteiger partial charge in [-0.1, -0.05) is 0 Å². The molecule has 1 atom stereocenters. The van der Waals surface area contributed by atoms with Gasteiger partial charge in [-0.05, 0) is 20.0 Å². The van der Waals surface area contributed by atoms with Crippen molar-refractivity contribution in [3.63, 3.8) is 0 Å². The van der Waals surface area contributed by atoms with E-state index in [-0.39, 0.29) is 18.4 Å². The van der Waals surface area contributed by atoms with E-state index in [1.807, 2.05) is 7.05 Å². The SMILES string of the molecule is CNCCCC(=O)N[C@@H]1CONC1=O. The molecule has 2 amide bonds. The van der Waals surface area contributed by atoms with E-state index < -0.39 is 6.04 Å². The first-order chi connectivity index (χ1) is 6.74. The summed E-state index contributed by atoms with van der Waals surface area (Å²) in [5.41, 5.74) is 2.18. The molecule has 0 aliphatic carbocycles. The molecular weight excluding hydrogens is 186 g/mol. The zero-order chi connectivity index (χ0) is 10.4.